The number of nitrogens with two attached hydrogens (primary N) is 1. The number of anilines is 1. The van der Waals surface area contributed by atoms with Crippen molar-refractivity contribution in [2.24, 2.45) is 5.92 Å². The van der Waals surface area contributed by atoms with Crippen molar-refractivity contribution in [1.29, 1.82) is 0 Å². The summed E-state index contributed by atoms with van der Waals surface area (Å²) in [7, 11) is 0. The van der Waals surface area contributed by atoms with E-state index in [9.17, 15) is 4.79 Å². The molecule has 1 saturated heterocycles. The first-order valence-corrected chi connectivity index (χ1v) is 6.90. The van der Waals surface area contributed by atoms with Crippen LogP contribution in [0.5, 0.6) is 0 Å². The minimum atomic E-state index is 0.157. The Morgan fingerprint density at radius 1 is 1.37 bits per heavy atom. The van der Waals surface area contributed by atoms with Crippen LogP contribution in [0.3, 0.4) is 0 Å². The van der Waals surface area contributed by atoms with Crippen LogP contribution in [0.2, 0.25) is 0 Å². The number of carbonyl (C=O) groups is 1. The van der Waals surface area contributed by atoms with Crippen molar-refractivity contribution in [1.82, 2.24) is 9.88 Å². The normalized spacial score (nSPS) is 25.4. The Balaban J connectivity index is 1.74. The fourth-order valence-corrected chi connectivity index (χ4v) is 3.64. The van der Waals surface area contributed by atoms with Crippen LogP contribution in [0.25, 0.3) is 10.9 Å². The number of carbonyl (C=O) groups excluding carboxylic acids is 1. The molecule has 1 aliphatic carbocycles. The van der Waals surface area contributed by atoms with Crippen molar-refractivity contribution >= 4 is 22.5 Å². The molecule has 4 nitrogen and oxygen atoms in total. The SMILES string of the molecule is Nc1ccc2[nH]cc(C(=O)N3CC4CCC3C4)c2c1. The topological polar surface area (TPSA) is 62.1 Å². The van der Waals surface area contributed by atoms with E-state index < -0.39 is 0 Å². The predicted molar refractivity (Wildman–Crippen MR) is 74.9 cm³/mol. The Hall–Kier alpha value is -1.97. The lowest BCUT2D eigenvalue weighted by molar-refractivity contribution is 0.0705. The van der Waals surface area contributed by atoms with Crippen LogP contribution in [-0.2, 0) is 0 Å². The third-order valence-corrected chi connectivity index (χ3v) is 4.61. The van der Waals surface area contributed by atoms with Gasteiger partial charge in [0.15, 0.2) is 0 Å². The van der Waals surface area contributed by atoms with E-state index in [1.807, 2.05) is 24.4 Å². The minimum absolute atomic E-state index is 0.157. The van der Waals surface area contributed by atoms with Crippen LogP contribution in [0.4, 0.5) is 5.69 Å². The molecule has 2 atom stereocenters. The van der Waals surface area contributed by atoms with Crippen molar-refractivity contribution in [2.75, 3.05) is 12.3 Å². The Kier molecular flexibility index (Phi) is 2.16. The van der Waals surface area contributed by atoms with E-state index in [1.165, 1.54) is 19.3 Å². The third kappa shape index (κ3) is 1.56. The average Bonchev–Trinajstić information content (AvgIpc) is 3.11. The molecular formula is C15H17N3O. The second-order valence-electron chi connectivity index (χ2n) is 5.80. The standard InChI is InChI=1S/C15H17N3O/c16-10-2-4-14-12(6-10)13(7-17-14)15(19)18-8-9-1-3-11(18)5-9/h2,4,6-7,9,11,17H,1,3,5,8,16H2. The van der Waals surface area contributed by atoms with Gasteiger partial charge in [0.1, 0.15) is 0 Å². The van der Waals surface area contributed by atoms with E-state index in [4.69, 9.17) is 5.73 Å². The first-order chi connectivity index (χ1) is 9.22. The number of likely N-dealkylation sites (tertiary alicyclic amines) is 1. The number of aromatic nitrogens is 1. The van der Waals surface area contributed by atoms with Crippen molar-refractivity contribution < 1.29 is 4.79 Å². The number of H-pyrrole nitrogens is 1. The van der Waals surface area contributed by atoms with Gasteiger partial charge in [-0.2, -0.15) is 0 Å². The molecule has 98 valence electrons. The number of nitrogens with zero attached hydrogens (tertiary/aromatic N) is 1. The number of hydrogen-bond donors (Lipinski definition) is 2. The smallest absolute Gasteiger partial charge is 0.256 e. The molecule has 3 N–H and O–H groups in total. The van der Waals surface area contributed by atoms with Crippen LogP contribution in [0.15, 0.2) is 24.4 Å². The maximum absolute atomic E-state index is 12.7. The van der Waals surface area contributed by atoms with Gasteiger partial charge in [-0.05, 0) is 43.4 Å². The lowest BCUT2D eigenvalue weighted by Gasteiger charge is -2.26. The zero-order chi connectivity index (χ0) is 13.0. The van der Waals surface area contributed by atoms with Gasteiger partial charge < -0.3 is 15.6 Å². The fourth-order valence-electron chi connectivity index (χ4n) is 3.64. The monoisotopic (exact) mass is 255 g/mol. The second-order valence-corrected chi connectivity index (χ2v) is 5.80. The van der Waals surface area contributed by atoms with Gasteiger partial charge in [0.25, 0.3) is 5.91 Å². The number of nitrogens with one attached hydrogen (secondary N) is 1. The van der Waals surface area contributed by atoms with Gasteiger partial charge >= 0.3 is 0 Å². The maximum atomic E-state index is 12.7. The molecule has 2 unspecified atom stereocenters. The highest BCUT2D eigenvalue weighted by Gasteiger charge is 2.40. The summed E-state index contributed by atoms with van der Waals surface area (Å²) in [5.41, 5.74) is 8.26. The Morgan fingerprint density at radius 3 is 3.00 bits per heavy atom. The maximum Gasteiger partial charge on any atom is 0.256 e. The van der Waals surface area contributed by atoms with E-state index in [1.54, 1.807) is 0 Å². The molecule has 2 fully saturated rings. The van der Waals surface area contributed by atoms with Crippen LogP contribution in [0.1, 0.15) is 29.6 Å². The van der Waals surface area contributed by atoms with E-state index in [0.29, 0.717) is 11.7 Å². The molecule has 2 aliphatic rings. The summed E-state index contributed by atoms with van der Waals surface area (Å²) in [6, 6.07) is 6.12. The van der Waals surface area contributed by atoms with Gasteiger partial charge in [0, 0.05) is 35.4 Å². The highest BCUT2D eigenvalue weighted by atomic mass is 16.2. The molecule has 0 spiro atoms. The Morgan fingerprint density at radius 2 is 2.26 bits per heavy atom. The van der Waals surface area contributed by atoms with Crippen LogP contribution < -0.4 is 5.73 Å². The summed E-state index contributed by atoms with van der Waals surface area (Å²) in [4.78, 5) is 17.9. The lowest BCUT2D eigenvalue weighted by atomic mass is 10.1. The molecule has 2 aromatic rings. The predicted octanol–water partition coefficient (Wildman–Crippen LogP) is 2.37. The molecule has 1 saturated carbocycles. The van der Waals surface area contributed by atoms with Gasteiger partial charge in [-0.25, -0.2) is 0 Å². The number of hydrogen-bond acceptors (Lipinski definition) is 2. The molecule has 4 rings (SSSR count). The van der Waals surface area contributed by atoms with E-state index in [-0.39, 0.29) is 5.91 Å². The quantitative estimate of drug-likeness (QED) is 0.768. The van der Waals surface area contributed by atoms with Gasteiger partial charge in [-0.1, -0.05) is 0 Å². The molecule has 1 aliphatic heterocycles. The van der Waals surface area contributed by atoms with Gasteiger partial charge in [-0.15, -0.1) is 0 Å². The largest absolute Gasteiger partial charge is 0.399 e. The Labute approximate surface area is 111 Å². The molecule has 1 aromatic heterocycles. The van der Waals surface area contributed by atoms with Gasteiger partial charge in [0.05, 0.1) is 5.56 Å². The van der Waals surface area contributed by atoms with E-state index in [2.05, 4.69) is 9.88 Å². The molecule has 1 amide bonds. The molecule has 19 heavy (non-hydrogen) atoms. The number of aromatic amines is 1. The highest BCUT2D eigenvalue weighted by Crippen LogP contribution is 2.38. The third-order valence-electron chi connectivity index (χ3n) is 4.61. The lowest BCUT2D eigenvalue weighted by Crippen LogP contribution is -2.37. The summed E-state index contributed by atoms with van der Waals surface area (Å²) < 4.78 is 0. The number of benzene rings is 1. The first kappa shape index (κ1) is 10.9. The average molecular weight is 255 g/mol. The number of rotatable bonds is 1. The van der Waals surface area contributed by atoms with E-state index in [0.717, 1.165) is 28.9 Å². The number of fused-ring (bicyclic) bond motifs is 3. The fraction of sp³-hybridized carbons (Fsp3) is 0.400. The van der Waals surface area contributed by atoms with Gasteiger partial charge in [-0.3, -0.25) is 4.79 Å². The summed E-state index contributed by atoms with van der Waals surface area (Å²) in [6.45, 7) is 0.929. The number of piperidine rings is 1. The zero-order valence-electron chi connectivity index (χ0n) is 10.7. The van der Waals surface area contributed by atoms with Crippen molar-refractivity contribution in [3.63, 3.8) is 0 Å². The van der Waals surface area contributed by atoms with Crippen molar-refractivity contribution in [3.8, 4) is 0 Å². The van der Waals surface area contributed by atoms with Crippen LogP contribution in [0, 0.1) is 5.92 Å². The van der Waals surface area contributed by atoms with Crippen molar-refractivity contribution in [2.45, 2.75) is 25.3 Å². The minimum Gasteiger partial charge on any atom is -0.399 e. The molecule has 2 heterocycles. The summed E-state index contributed by atoms with van der Waals surface area (Å²) >= 11 is 0. The van der Waals surface area contributed by atoms with Crippen LogP contribution in [-0.4, -0.2) is 28.4 Å². The Bertz CT molecular complexity index is 660. The second kappa shape index (κ2) is 3.76. The molecular weight excluding hydrogens is 238 g/mol. The number of nitrogen functional groups attached to an aromatic ring is 1. The molecule has 2 bridgehead atoms. The first-order valence-electron chi connectivity index (χ1n) is 6.90. The van der Waals surface area contributed by atoms with Crippen LogP contribution >= 0.6 is 0 Å². The summed E-state index contributed by atoms with van der Waals surface area (Å²) in [5.74, 6) is 0.883. The summed E-state index contributed by atoms with van der Waals surface area (Å²) in [6.07, 6.45) is 5.46. The summed E-state index contributed by atoms with van der Waals surface area (Å²) in [5, 5.41) is 0.938. The zero-order valence-corrected chi connectivity index (χ0v) is 10.7. The molecule has 1 aromatic carbocycles. The van der Waals surface area contributed by atoms with Gasteiger partial charge in [0.2, 0.25) is 0 Å². The van der Waals surface area contributed by atoms with E-state index >= 15 is 0 Å². The number of amides is 1. The van der Waals surface area contributed by atoms with Crippen molar-refractivity contribution in [3.05, 3.63) is 30.0 Å². The molecule has 4 heteroatoms. The molecule has 0 radical (unpaired) electrons. The highest BCUT2D eigenvalue weighted by molar-refractivity contribution is 6.07.